The number of halogens is 1. The monoisotopic (exact) mass is 277 g/mol. The highest BCUT2D eigenvalue weighted by Crippen LogP contribution is 2.14. The standard InChI is InChI=1S/C13H11N3O2.ClH/c14-13(15-11-4-2-1-3-5-11)10-6-8-12(9-7-10)16(17)18;/h1-9H,(H2,14,15);1H. The minimum atomic E-state index is -0.450. The van der Waals surface area contributed by atoms with E-state index in [0.29, 0.717) is 11.4 Å². The van der Waals surface area contributed by atoms with E-state index in [9.17, 15) is 10.1 Å². The van der Waals surface area contributed by atoms with E-state index >= 15 is 0 Å². The Bertz CT molecular complexity index is 583. The van der Waals surface area contributed by atoms with Crippen molar-refractivity contribution in [2.75, 3.05) is 0 Å². The summed E-state index contributed by atoms with van der Waals surface area (Å²) in [6.07, 6.45) is 0. The highest BCUT2D eigenvalue weighted by Gasteiger charge is 2.05. The minimum absolute atomic E-state index is 0. The Morgan fingerprint density at radius 2 is 1.63 bits per heavy atom. The molecule has 2 N–H and O–H groups in total. The number of aliphatic imine (C=N–C) groups is 1. The van der Waals surface area contributed by atoms with Crippen LogP contribution in [0.2, 0.25) is 0 Å². The summed E-state index contributed by atoms with van der Waals surface area (Å²) in [5.74, 6) is 0.330. The Hall–Kier alpha value is -2.40. The second-order valence-electron chi connectivity index (χ2n) is 3.64. The van der Waals surface area contributed by atoms with Crippen LogP contribution in [0.15, 0.2) is 59.6 Å². The molecule has 0 saturated heterocycles. The summed E-state index contributed by atoms with van der Waals surface area (Å²) in [6, 6.07) is 15.3. The smallest absolute Gasteiger partial charge is 0.269 e. The third kappa shape index (κ3) is 3.79. The van der Waals surface area contributed by atoms with Crippen molar-refractivity contribution >= 4 is 29.6 Å². The number of nitrogens with zero attached hydrogens (tertiary/aromatic N) is 2. The lowest BCUT2D eigenvalue weighted by molar-refractivity contribution is -0.384. The quantitative estimate of drug-likeness (QED) is 0.405. The molecule has 2 aromatic carbocycles. The molecule has 2 rings (SSSR count). The lowest BCUT2D eigenvalue weighted by Gasteiger charge is -2.00. The lowest BCUT2D eigenvalue weighted by Crippen LogP contribution is -2.12. The first-order valence-electron chi connectivity index (χ1n) is 5.31. The molecule has 0 aliphatic rings. The summed E-state index contributed by atoms with van der Waals surface area (Å²) in [5.41, 5.74) is 7.27. The van der Waals surface area contributed by atoms with Crippen LogP contribution in [0.3, 0.4) is 0 Å². The van der Waals surface area contributed by atoms with Gasteiger partial charge in [-0.05, 0) is 24.3 Å². The number of amidine groups is 1. The Morgan fingerprint density at radius 1 is 1.05 bits per heavy atom. The van der Waals surface area contributed by atoms with E-state index in [2.05, 4.69) is 4.99 Å². The molecular weight excluding hydrogens is 266 g/mol. The molecule has 0 spiro atoms. The zero-order valence-electron chi connectivity index (χ0n) is 9.89. The van der Waals surface area contributed by atoms with Crippen LogP contribution < -0.4 is 5.73 Å². The van der Waals surface area contributed by atoms with Crippen LogP contribution in [0.5, 0.6) is 0 Å². The summed E-state index contributed by atoms with van der Waals surface area (Å²) in [7, 11) is 0. The highest BCUT2D eigenvalue weighted by atomic mass is 35.5. The van der Waals surface area contributed by atoms with E-state index in [1.807, 2.05) is 30.3 Å². The third-order valence-electron chi connectivity index (χ3n) is 2.38. The Balaban J connectivity index is 0.00000180. The number of nitro benzene ring substituents is 1. The van der Waals surface area contributed by atoms with Gasteiger partial charge in [0.15, 0.2) is 0 Å². The number of nitro groups is 1. The Morgan fingerprint density at radius 3 is 2.16 bits per heavy atom. The van der Waals surface area contributed by atoms with Gasteiger partial charge in [-0.2, -0.15) is 0 Å². The fourth-order valence-corrected chi connectivity index (χ4v) is 1.46. The van der Waals surface area contributed by atoms with E-state index in [0.717, 1.165) is 5.69 Å². The summed E-state index contributed by atoms with van der Waals surface area (Å²) >= 11 is 0. The maximum absolute atomic E-state index is 10.5. The molecule has 0 amide bonds. The second-order valence-corrected chi connectivity index (χ2v) is 3.64. The van der Waals surface area contributed by atoms with Gasteiger partial charge in [0.05, 0.1) is 10.6 Å². The van der Waals surface area contributed by atoms with Gasteiger partial charge in [-0.1, -0.05) is 18.2 Å². The van der Waals surface area contributed by atoms with E-state index in [1.54, 1.807) is 12.1 Å². The Kier molecular flexibility index (Phi) is 5.02. The molecule has 19 heavy (non-hydrogen) atoms. The number of nitrogens with two attached hydrogens (primary N) is 1. The SMILES string of the molecule is Cl.NC(=Nc1ccccc1)c1ccc([N+](=O)[O-])cc1. The molecule has 0 heterocycles. The van der Waals surface area contributed by atoms with Crippen molar-refractivity contribution in [1.82, 2.24) is 0 Å². The predicted molar refractivity (Wildman–Crippen MR) is 77.2 cm³/mol. The lowest BCUT2D eigenvalue weighted by atomic mass is 10.2. The molecule has 0 saturated carbocycles. The maximum atomic E-state index is 10.5. The van der Waals surface area contributed by atoms with Crippen molar-refractivity contribution in [2.24, 2.45) is 10.7 Å². The third-order valence-corrected chi connectivity index (χ3v) is 2.38. The van der Waals surface area contributed by atoms with Gasteiger partial charge in [0.25, 0.3) is 5.69 Å². The Labute approximate surface area is 116 Å². The van der Waals surface area contributed by atoms with Crippen LogP contribution in [-0.4, -0.2) is 10.8 Å². The number of benzene rings is 2. The average molecular weight is 278 g/mol. The molecule has 0 aromatic heterocycles. The van der Waals surface area contributed by atoms with E-state index in [-0.39, 0.29) is 18.1 Å². The number of hydrogen-bond donors (Lipinski definition) is 1. The summed E-state index contributed by atoms with van der Waals surface area (Å²) < 4.78 is 0. The minimum Gasteiger partial charge on any atom is -0.383 e. The molecule has 98 valence electrons. The van der Waals surface area contributed by atoms with Gasteiger partial charge in [-0.15, -0.1) is 12.4 Å². The molecule has 0 aliphatic carbocycles. The first-order chi connectivity index (χ1) is 8.66. The first kappa shape index (κ1) is 14.7. The summed E-state index contributed by atoms with van der Waals surface area (Å²) in [4.78, 5) is 14.3. The topological polar surface area (TPSA) is 81.5 Å². The fraction of sp³-hybridized carbons (Fsp3) is 0. The molecule has 6 heteroatoms. The van der Waals surface area contributed by atoms with Gasteiger partial charge in [0.1, 0.15) is 5.84 Å². The van der Waals surface area contributed by atoms with E-state index in [1.165, 1.54) is 12.1 Å². The van der Waals surface area contributed by atoms with Crippen LogP contribution in [0.25, 0.3) is 0 Å². The van der Waals surface area contributed by atoms with Gasteiger partial charge in [0.2, 0.25) is 0 Å². The number of para-hydroxylation sites is 1. The predicted octanol–water partition coefficient (Wildman–Crippen LogP) is 3.05. The van der Waals surface area contributed by atoms with Crippen molar-refractivity contribution in [2.45, 2.75) is 0 Å². The molecule has 5 nitrogen and oxygen atoms in total. The van der Waals surface area contributed by atoms with Crippen molar-refractivity contribution < 1.29 is 4.92 Å². The maximum Gasteiger partial charge on any atom is 0.269 e. The first-order valence-corrected chi connectivity index (χ1v) is 5.31. The van der Waals surface area contributed by atoms with Crippen LogP contribution in [-0.2, 0) is 0 Å². The van der Waals surface area contributed by atoms with Gasteiger partial charge >= 0.3 is 0 Å². The highest BCUT2D eigenvalue weighted by molar-refractivity contribution is 5.99. The zero-order chi connectivity index (χ0) is 13.0. The van der Waals surface area contributed by atoms with E-state index in [4.69, 9.17) is 5.73 Å². The zero-order valence-corrected chi connectivity index (χ0v) is 10.7. The van der Waals surface area contributed by atoms with E-state index < -0.39 is 4.92 Å². The second kappa shape index (κ2) is 6.51. The van der Waals surface area contributed by atoms with Gasteiger partial charge in [-0.3, -0.25) is 10.1 Å². The fourth-order valence-electron chi connectivity index (χ4n) is 1.46. The van der Waals surface area contributed by atoms with Crippen LogP contribution >= 0.6 is 12.4 Å². The number of rotatable bonds is 3. The van der Waals surface area contributed by atoms with Crippen molar-refractivity contribution in [3.63, 3.8) is 0 Å². The van der Waals surface area contributed by atoms with Crippen LogP contribution in [0, 0.1) is 10.1 Å². The molecule has 0 radical (unpaired) electrons. The van der Waals surface area contributed by atoms with Crippen LogP contribution in [0.1, 0.15) is 5.56 Å². The molecule has 0 unspecified atom stereocenters. The molecule has 0 aliphatic heterocycles. The summed E-state index contributed by atoms with van der Waals surface area (Å²) in [6.45, 7) is 0. The number of non-ortho nitro benzene ring substituents is 1. The largest absolute Gasteiger partial charge is 0.383 e. The molecule has 0 bridgehead atoms. The molecule has 0 fully saturated rings. The summed E-state index contributed by atoms with van der Waals surface area (Å²) in [5, 5.41) is 10.5. The van der Waals surface area contributed by atoms with Crippen molar-refractivity contribution in [3.8, 4) is 0 Å². The normalized spacial score (nSPS) is 10.6. The van der Waals surface area contributed by atoms with Gasteiger partial charge in [0, 0.05) is 17.7 Å². The number of hydrogen-bond acceptors (Lipinski definition) is 3. The van der Waals surface area contributed by atoms with Crippen molar-refractivity contribution in [1.29, 1.82) is 0 Å². The van der Waals surface area contributed by atoms with Gasteiger partial charge < -0.3 is 5.73 Å². The average Bonchev–Trinajstić information content (AvgIpc) is 2.40. The van der Waals surface area contributed by atoms with Crippen molar-refractivity contribution in [3.05, 3.63) is 70.3 Å². The molecule has 0 atom stereocenters. The molecule has 2 aromatic rings. The molecular formula is C13H12ClN3O2. The van der Waals surface area contributed by atoms with Crippen LogP contribution in [0.4, 0.5) is 11.4 Å². The van der Waals surface area contributed by atoms with Gasteiger partial charge in [-0.25, -0.2) is 4.99 Å².